The Hall–Kier alpha value is -0.550. The van der Waals surface area contributed by atoms with Gasteiger partial charge in [0, 0.05) is 0 Å². The summed E-state index contributed by atoms with van der Waals surface area (Å²) >= 11 is 17.9. The smallest absolute Gasteiger partial charge is 0.278 e. The highest BCUT2D eigenvalue weighted by molar-refractivity contribution is 7.22. The number of anilines is 1. The predicted molar refractivity (Wildman–Crippen MR) is 87.2 cm³/mol. The molecule has 0 unspecified atom stereocenters. The Morgan fingerprint density at radius 1 is 1.40 bits per heavy atom. The van der Waals surface area contributed by atoms with Crippen molar-refractivity contribution in [3.8, 4) is 0 Å². The Kier molecular flexibility index (Phi) is 5.13. The van der Waals surface area contributed by atoms with Gasteiger partial charge in [0.05, 0.1) is 10.2 Å². The van der Waals surface area contributed by atoms with Crippen LogP contribution < -0.4 is 5.32 Å². The molecular formula is C13H13Cl3N2OS. The van der Waals surface area contributed by atoms with Crippen molar-refractivity contribution in [2.75, 3.05) is 5.32 Å². The van der Waals surface area contributed by atoms with Gasteiger partial charge in [-0.3, -0.25) is 10.1 Å². The minimum Gasteiger partial charge on any atom is -0.298 e. The van der Waals surface area contributed by atoms with Crippen LogP contribution in [-0.4, -0.2) is 14.7 Å². The molecule has 7 heteroatoms. The van der Waals surface area contributed by atoms with E-state index in [1.54, 1.807) is 0 Å². The van der Waals surface area contributed by atoms with Gasteiger partial charge in [-0.1, -0.05) is 65.6 Å². The zero-order valence-electron chi connectivity index (χ0n) is 10.8. The van der Waals surface area contributed by atoms with E-state index in [9.17, 15) is 4.79 Å². The summed E-state index contributed by atoms with van der Waals surface area (Å²) in [5, 5.41) is 2.94. The maximum absolute atomic E-state index is 11.6. The third-order valence-electron chi connectivity index (χ3n) is 2.75. The molecule has 2 aromatic rings. The van der Waals surface area contributed by atoms with Crippen molar-refractivity contribution in [2.24, 2.45) is 0 Å². The van der Waals surface area contributed by atoms with Crippen molar-refractivity contribution >= 4 is 67.4 Å². The van der Waals surface area contributed by atoms with Crippen LogP contribution in [0.25, 0.3) is 10.2 Å². The van der Waals surface area contributed by atoms with Crippen LogP contribution in [0.1, 0.15) is 25.3 Å². The lowest BCUT2D eigenvalue weighted by Crippen LogP contribution is -2.26. The van der Waals surface area contributed by atoms with Crippen molar-refractivity contribution in [2.45, 2.75) is 30.0 Å². The SMILES string of the molecule is CCCCc1ccc2nc(NC(=O)C(Cl)(Cl)Cl)sc2c1. The molecule has 0 aliphatic heterocycles. The van der Waals surface area contributed by atoms with E-state index in [-0.39, 0.29) is 0 Å². The van der Waals surface area contributed by atoms with Crippen molar-refractivity contribution in [3.05, 3.63) is 23.8 Å². The normalized spacial score (nSPS) is 11.8. The average Bonchev–Trinajstić information content (AvgIpc) is 2.76. The number of hydrogen-bond acceptors (Lipinski definition) is 3. The molecule has 0 saturated heterocycles. The average molecular weight is 352 g/mol. The fraction of sp³-hybridized carbons (Fsp3) is 0.385. The quantitative estimate of drug-likeness (QED) is 0.792. The third-order valence-corrected chi connectivity index (χ3v) is 4.20. The molecule has 2 rings (SSSR count). The van der Waals surface area contributed by atoms with Gasteiger partial charge in [0.1, 0.15) is 0 Å². The number of halogens is 3. The number of aromatic nitrogens is 1. The molecule has 0 radical (unpaired) electrons. The first-order valence-electron chi connectivity index (χ1n) is 6.18. The molecule has 1 N–H and O–H groups in total. The molecule has 1 aromatic heterocycles. The van der Waals surface area contributed by atoms with Crippen LogP contribution in [0.15, 0.2) is 18.2 Å². The molecule has 3 nitrogen and oxygen atoms in total. The Bertz CT molecular complexity index is 622. The highest BCUT2D eigenvalue weighted by Gasteiger charge is 2.31. The van der Waals surface area contributed by atoms with Crippen molar-refractivity contribution < 1.29 is 4.79 Å². The van der Waals surface area contributed by atoms with Gasteiger partial charge in [-0.15, -0.1) is 0 Å². The van der Waals surface area contributed by atoms with E-state index in [0.717, 1.165) is 29.5 Å². The largest absolute Gasteiger partial charge is 0.298 e. The molecule has 1 amide bonds. The Labute approximate surface area is 136 Å². The molecule has 0 spiro atoms. The van der Waals surface area contributed by atoms with Gasteiger partial charge in [-0.25, -0.2) is 4.98 Å². The minimum absolute atomic E-state index is 0.434. The van der Waals surface area contributed by atoms with Crippen molar-refractivity contribution in [3.63, 3.8) is 0 Å². The van der Waals surface area contributed by atoms with Gasteiger partial charge < -0.3 is 0 Å². The lowest BCUT2D eigenvalue weighted by atomic mass is 10.1. The summed E-state index contributed by atoms with van der Waals surface area (Å²) in [6.45, 7) is 2.16. The maximum Gasteiger partial charge on any atom is 0.278 e. The van der Waals surface area contributed by atoms with Gasteiger partial charge in [-0.2, -0.15) is 0 Å². The Morgan fingerprint density at radius 3 is 2.80 bits per heavy atom. The highest BCUT2D eigenvalue weighted by Crippen LogP contribution is 2.31. The monoisotopic (exact) mass is 350 g/mol. The van der Waals surface area contributed by atoms with E-state index in [4.69, 9.17) is 34.8 Å². The van der Waals surface area contributed by atoms with Gasteiger partial charge in [-0.05, 0) is 30.5 Å². The number of carbonyl (C=O) groups is 1. The van der Waals surface area contributed by atoms with E-state index in [0.29, 0.717) is 5.13 Å². The summed E-state index contributed by atoms with van der Waals surface area (Å²) in [7, 11) is 0. The van der Waals surface area contributed by atoms with Gasteiger partial charge in [0.15, 0.2) is 5.13 Å². The lowest BCUT2D eigenvalue weighted by Gasteiger charge is -2.08. The zero-order valence-corrected chi connectivity index (χ0v) is 13.8. The molecule has 1 aromatic carbocycles. The first-order valence-corrected chi connectivity index (χ1v) is 8.13. The second-order valence-corrected chi connectivity index (χ2v) is 7.69. The maximum atomic E-state index is 11.6. The number of amides is 1. The summed E-state index contributed by atoms with van der Waals surface area (Å²) in [5.74, 6) is -0.701. The number of fused-ring (bicyclic) bond motifs is 1. The van der Waals surface area contributed by atoms with E-state index >= 15 is 0 Å². The van der Waals surface area contributed by atoms with Crippen LogP contribution in [0.2, 0.25) is 0 Å². The lowest BCUT2D eigenvalue weighted by molar-refractivity contribution is -0.115. The van der Waals surface area contributed by atoms with Crippen LogP contribution >= 0.6 is 46.1 Å². The summed E-state index contributed by atoms with van der Waals surface area (Å²) in [5.41, 5.74) is 2.09. The van der Waals surface area contributed by atoms with E-state index in [2.05, 4.69) is 29.4 Å². The number of nitrogens with zero attached hydrogens (tertiary/aromatic N) is 1. The standard InChI is InChI=1S/C13H13Cl3N2OS/c1-2-3-4-8-5-6-9-10(7-8)20-12(17-9)18-11(19)13(14,15)16/h5-7H,2-4H2,1H3,(H,17,18,19). The van der Waals surface area contributed by atoms with Crippen molar-refractivity contribution in [1.82, 2.24) is 4.98 Å². The van der Waals surface area contributed by atoms with Crippen LogP contribution in [-0.2, 0) is 11.2 Å². The molecule has 0 atom stereocenters. The molecule has 1 heterocycles. The van der Waals surface area contributed by atoms with Crippen LogP contribution in [0.3, 0.4) is 0 Å². The van der Waals surface area contributed by atoms with Crippen LogP contribution in [0, 0.1) is 0 Å². The van der Waals surface area contributed by atoms with Crippen LogP contribution in [0.5, 0.6) is 0 Å². The van der Waals surface area contributed by atoms with E-state index < -0.39 is 9.70 Å². The predicted octanol–water partition coefficient (Wildman–Crippen LogP) is 4.95. The molecule has 0 bridgehead atoms. The van der Waals surface area contributed by atoms with E-state index in [1.807, 2.05) is 6.07 Å². The number of aryl methyl sites for hydroxylation is 1. The molecule has 0 aliphatic carbocycles. The second kappa shape index (κ2) is 6.48. The van der Waals surface area contributed by atoms with Crippen LogP contribution in [0.4, 0.5) is 5.13 Å². The van der Waals surface area contributed by atoms with Gasteiger partial charge in [0.2, 0.25) is 0 Å². The molecule has 0 aliphatic rings. The Morgan fingerprint density at radius 2 is 2.15 bits per heavy atom. The Balaban J connectivity index is 2.19. The zero-order chi connectivity index (χ0) is 14.8. The van der Waals surface area contributed by atoms with Gasteiger partial charge >= 0.3 is 0 Å². The molecule has 20 heavy (non-hydrogen) atoms. The fourth-order valence-corrected chi connectivity index (χ4v) is 2.79. The molecule has 108 valence electrons. The van der Waals surface area contributed by atoms with Gasteiger partial charge in [0.25, 0.3) is 9.70 Å². The molecule has 0 saturated carbocycles. The summed E-state index contributed by atoms with van der Waals surface area (Å²) < 4.78 is -0.970. The van der Waals surface area contributed by atoms with Crippen molar-refractivity contribution in [1.29, 1.82) is 0 Å². The number of benzene rings is 1. The number of alkyl halides is 3. The minimum atomic E-state index is -1.98. The molecule has 0 fully saturated rings. The number of carbonyl (C=O) groups excluding carboxylic acids is 1. The fourth-order valence-electron chi connectivity index (χ4n) is 1.73. The number of unbranched alkanes of at least 4 members (excludes halogenated alkanes) is 1. The number of nitrogens with one attached hydrogen (secondary N) is 1. The highest BCUT2D eigenvalue weighted by atomic mass is 35.6. The summed E-state index contributed by atoms with van der Waals surface area (Å²) in [4.78, 5) is 15.9. The first-order chi connectivity index (χ1) is 9.40. The topological polar surface area (TPSA) is 42.0 Å². The first kappa shape index (κ1) is 15.8. The number of rotatable bonds is 4. The third kappa shape index (κ3) is 3.98. The molecular weight excluding hydrogens is 339 g/mol. The summed E-state index contributed by atoms with van der Waals surface area (Å²) in [6.07, 6.45) is 3.35. The summed E-state index contributed by atoms with van der Waals surface area (Å²) in [6, 6.07) is 6.09. The number of hydrogen-bond donors (Lipinski definition) is 1. The van der Waals surface area contributed by atoms with E-state index in [1.165, 1.54) is 16.9 Å². The number of thiazole rings is 1. The second-order valence-electron chi connectivity index (χ2n) is 4.38.